The van der Waals surface area contributed by atoms with Gasteiger partial charge in [0.1, 0.15) is 5.82 Å². The first-order valence-electron chi connectivity index (χ1n) is 8.78. The zero-order chi connectivity index (χ0) is 15.5. The van der Waals surface area contributed by atoms with Gasteiger partial charge in [-0.15, -0.1) is 0 Å². The second kappa shape index (κ2) is 6.71. The van der Waals surface area contributed by atoms with Crippen molar-refractivity contribution in [3.63, 3.8) is 0 Å². The van der Waals surface area contributed by atoms with Gasteiger partial charge in [0.15, 0.2) is 0 Å². The molecule has 0 aromatic carbocycles. The highest BCUT2D eigenvalue weighted by Crippen LogP contribution is 2.23. The quantitative estimate of drug-likeness (QED) is 0.850. The van der Waals surface area contributed by atoms with Crippen LogP contribution < -0.4 is 4.90 Å². The van der Waals surface area contributed by atoms with Crippen LogP contribution >= 0.6 is 0 Å². The standard InChI is InChI=1S/C18H25N5/c1-2-9-22(8-1)18-6-5-16(12-20-18)13-23-10-3-4-17(23)14-21-11-7-19-15-21/h5-7,11-12,15,17H,1-4,8-10,13-14H2. The van der Waals surface area contributed by atoms with E-state index in [0.29, 0.717) is 6.04 Å². The molecular formula is C18H25N5. The summed E-state index contributed by atoms with van der Waals surface area (Å²) in [5.41, 5.74) is 1.32. The second-order valence-corrected chi connectivity index (χ2v) is 6.74. The number of likely N-dealkylation sites (tertiary alicyclic amines) is 1. The minimum absolute atomic E-state index is 0.613. The first kappa shape index (κ1) is 14.7. The third kappa shape index (κ3) is 3.39. The van der Waals surface area contributed by atoms with Crippen molar-refractivity contribution in [2.45, 2.75) is 44.8 Å². The molecule has 1 unspecified atom stereocenters. The molecule has 5 nitrogen and oxygen atoms in total. The van der Waals surface area contributed by atoms with Gasteiger partial charge in [-0.1, -0.05) is 6.07 Å². The summed E-state index contributed by atoms with van der Waals surface area (Å²) < 4.78 is 2.19. The van der Waals surface area contributed by atoms with Crippen LogP contribution in [0.2, 0.25) is 0 Å². The minimum atomic E-state index is 0.613. The van der Waals surface area contributed by atoms with Gasteiger partial charge in [0.05, 0.1) is 6.33 Å². The molecule has 4 rings (SSSR count). The molecule has 4 heterocycles. The van der Waals surface area contributed by atoms with E-state index in [0.717, 1.165) is 32.0 Å². The van der Waals surface area contributed by atoms with Crippen LogP contribution in [-0.2, 0) is 13.1 Å². The normalized spacial score (nSPS) is 22.1. The van der Waals surface area contributed by atoms with Gasteiger partial charge in [0, 0.05) is 50.8 Å². The van der Waals surface area contributed by atoms with E-state index < -0.39 is 0 Å². The molecule has 0 N–H and O–H groups in total. The zero-order valence-electron chi connectivity index (χ0n) is 13.6. The highest BCUT2D eigenvalue weighted by molar-refractivity contribution is 5.40. The monoisotopic (exact) mass is 311 g/mol. The van der Waals surface area contributed by atoms with Crippen LogP contribution in [0.15, 0.2) is 37.1 Å². The maximum Gasteiger partial charge on any atom is 0.128 e. The molecule has 2 saturated heterocycles. The van der Waals surface area contributed by atoms with E-state index in [-0.39, 0.29) is 0 Å². The maximum atomic E-state index is 4.69. The Hall–Kier alpha value is -1.88. The summed E-state index contributed by atoms with van der Waals surface area (Å²) in [6.07, 6.45) is 13.1. The molecule has 5 heteroatoms. The fourth-order valence-electron chi connectivity index (χ4n) is 3.83. The van der Waals surface area contributed by atoms with Gasteiger partial charge >= 0.3 is 0 Å². The summed E-state index contributed by atoms with van der Waals surface area (Å²) in [4.78, 5) is 13.8. The van der Waals surface area contributed by atoms with Crippen LogP contribution in [0.1, 0.15) is 31.2 Å². The summed E-state index contributed by atoms with van der Waals surface area (Å²) >= 11 is 0. The molecule has 1 atom stereocenters. The third-order valence-electron chi connectivity index (χ3n) is 5.10. The Morgan fingerprint density at radius 3 is 2.74 bits per heavy atom. The summed E-state index contributed by atoms with van der Waals surface area (Å²) in [5.74, 6) is 1.14. The fourth-order valence-corrected chi connectivity index (χ4v) is 3.83. The Balaban J connectivity index is 1.38. The van der Waals surface area contributed by atoms with E-state index in [1.807, 2.05) is 12.5 Å². The van der Waals surface area contributed by atoms with E-state index in [1.165, 1.54) is 37.8 Å². The summed E-state index contributed by atoms with van der Waals surface area (Å²) in [6, 6.07) is 5.07. The van der Waals surface area contributed by atoms with E-state index in [2.05, 4.69) is 48.9 Å². The average Bonchev–Trinajstić information content (AvgIpc) is 3.32. The van der Waals surface area contributed by atoms with E-state index >= 15 is 0 Å². The van der Waals surface area contributed by atoms with Crippen LogP contribution in [0.4, 0.5) is 5.82 Å². The van der Waals surface area contributed by atoms with Crippen LogP contribution in [0.3, 0.4) is 0 Å². The minimum Gasteiger partial charge on any atom is -0.357 e. The fraction of sp³-hybridized carbons (Fsp3) is 0.556. The van der Waals surface area contributed by atoms with Crippen molar-refractivity contribution >= 4 is 5.82 Å². The van der Waals surface area contributed by atoms with Crippen LogP contribution in [0.5, 0.6) is 0 Å². The van der Waals surface area contributed by atoms with Crippen molar-refractivity contribution in [1.29, 1.82) is 0 Å². The molecule has 0 saturated carbocycles. The van der Waals surface area contributed by atoms with Gasteiger partial charge in [-0.2, -0.15) is 0 Å². The van der Waals surface area contributed by atoms with Gasteiger partial charge in [0.2, 0.25) is 0 Å². The lowest BCUT2D eigenvalue weighted by molar-refractivity contribution is 0.224. The topological polar surface area (TPSA) is 37.2 Å². The van der Waals surface area contributed by atoms with Crippen LogP contribution in [-0.4, -0.2) is 45.1 Å². The molecule has 0 spiro atoms. The summed E-state index contributed by atoms with van der Waals surface area (Å²) in [5, 5.41) is 0. The van der Waals surface area contributed by atoms with Crippen molar-refractivity contribution in [1.82, 2.24) is 19.4 Å². The Morgan fingerprint density at radius 2 is 2.00 bits per heavy atom. The molecule has 2 aliphatic rings. The highest BCUT2D eigenvalue weighted by Gasteiger charge is 2.24. The van der Waals surface area contributed by atoms with Gasteiger partial charge in [-0.05, 0) is 43.9 Å². The van der Waals surface area contributed by atoms with E-state index in [1.54, 1.807) is 0 Å². The largest absolute Gasteiger partial charge is 0.357 e. The first-order chi connectivity index (χ1) is 11.4. The van der Waals surface area contributed by atoms with Gasteiger partial charge < -0.3 is 9.47 Å². The van der Waals surface area contributed by atoms with Crippen molar-refractivity contribution in [2.24, 2.45) is 0 Å². The Morgan fingerprint density at radius 1 is 1.09 bits per heavy atom. The second-order valence-electron chi connectivity index (χ2n) is 6.74. The molecule has 23 heavy (non-hydrogen) atoms. The number of nitrogens with zero attached hydrogens (tertiary/aromatic N) is 5. The Kier molecular flexibility index (Phi) is 4.28. The lowest BCUT2D eigenvalue weighted by Gasteiger charge is -2.25. The molecule has 2 aromatic heterocycles. The molecule has 2 aromatic rings. The number of aromatic nitrogens is 3. The Labute approximate surface area is 138 Å². The van der Waals surface area contributed by atoms with Crippen molar-refractivity contribution in [3.8, 4) is 0 Å². The van der Waals surface area contributed by atoms with E-state index in [4.69, 9.17) is 0 Å². The van der Waals surface area contributed by atoms with Crippen molar-refractivity contribution in [3.05, 3.63) is 42.6 Å². The zero-order valence-corrected chi connectivity index (χ0v) is 13.6. The molecule has 0 bridgehead atoms. The SMILES string of the molecule is c1cn(CC2CCCN2Cc2ccc(N3CCCC3)nc2)cn1. The number of pyridine rings is 1. The predicted octanol–water partition coefficient (Wildman–Crippen LogP) is 2.54. The molecule has 122 valence electrons. The molecule has 0 radical (unpaired) electrons. The predicted molar refractivity (Wildman–Crippen MR) is 91.3 cm³/mol. The van der Waals surface area contributed by atoms with Gasteiger partial charge in [-0.25, -0.2) is 9.97 Å². The van der Waals surface area contributed by atoms with Crippen LogP contribution in [0.25, 0.3) is 0 Å². The summed E-state index contributed by atoms with van der Waals surface area (Å²) in [7, 11) is 0. The van der Waals surface area contributed by atoms with Gasteiger partial charge in [-0.3, -0.25) is 4.90 Å². The van der Waals surface area contributed by atoms with Gasteiger partial charge in [0.25, 0.3) is 0 Å². The highest BCUT2D eigenvalue weighted by atomic mass is 15.2. The Bertz CT molecular complexity index is 601. The number of rotatable bonds is 5. The molecule has 0 amide bonds. The third-order valence-corrected chi connectivity index (χ3v) is 5.10. The van der Waals surface area contributed by atoms with Crippen molar-refractivity contribution in [2.75, 3.05) is 24.5 Å². The molecule has 2 fully saturated rings. The lowest BCUT2D eigenvalue weighted by Crippen LogP contribution is -2.32. The van der Waals surface area contributed by atoms with Crippen molar-refractivity contribution < 1.29 is 0 Å². The molecule has 0 aliphatic carbocycles. The maximum absolute atomic E-state index is 4.69. The number of anilines is 1. The van der Waals surface area contributed by atoms with Crippen LogP contribution in [0, 0.1) is 0 Å². The lowest BCUT2D eigenvalue weighted by atomic mass is 10.2. The molecular weight excluding hydrogens is 286 g/mol. The smallest absolute Gasteiger partial charge is 0.128 e. The number of hydrogen-bond acceptors (Lipinski definition) is 4. The molecule has 2 aliphatic heterocycles. The van der Waals surface area contributed by atoms with E-state index in [9.17, 15) is 0 Å². The number of imidazole rings is 1. The first-order valence-corrected chi connectivity index (χ1v) is 8.78. The summed E-state index contributed by atoms with van der Waals surface area (Å²) in [6.45, 7) is 5.55. The number of hydrogen-bond donors (Lipinski definition) is 0. The average molecular weight is 311 g/mol.